The van der Waals surface area contributed by atoms with Gasteiger partial charge in [0.25, 0.3) is 0 Å². The molecule has 0 spiro atoms. The molecular formula is C124H120O20. The topological polar surface area (TPSA) is 185 Å². The largest absolute Gasteiger partial charge is 0.489 e. The molecule has 17 rings (SSSR count). The first-order valence-corrected chi connectivity index (χ1v) is 49.0. The number of hydrogen-bond donors (Lipinski definition) is 0. The van der Waals surface area contributed by atoms with Crippen molar-refractivity contribution in [2.45, 2.75) is 105 Å². The quantitative estimate of drug-likeness (QED) is 0.0351. The first kappa shape index (κ1) is 99.7. The zero-order chi connectivity index (χ0) is 97.7. The van der Waals surface area contributed by atoms with E-state index in [2.05, 4.69) is 36.4 Å². The number of benzene rings is 16. The van der Waals surface area contributed by atoms with E-state index in [0.29, 0.717) is 223 Å². The maximum atomic E-state index is 6.80. The summed E-state index contributed by atoms with van der Waals surface area (Å²) in [5, 5.41) is 0. The average Bonchev–Trinajstić information content (AvgIpc) is 0.841. The highest BCUT2D eigenvalue weighted by atomic mass is 16.6. The fourth-order valence-corrected chi connectivity index (χ4v) is 15.9. The third kappa shape index (κ3) is 33.7. The lowest BCUT2D eigenvalue weighted by Crippen LogP contribution is -2.15. The summed E-state index contributed by atoms with van der Waals surface area (Å²) in [7, 11) is 0. The molecule has 736 valence electrons. The van der Waals surface area contributed by atoms with Gasteiger partial charge in [-0.2, -0.15) is 0 Å². The fourth-order valence-electron chi connectivity index (χ4n) is 15.9. The lowest BCUT2D eigenvalue weighted by Gasteiger charge is -2.17. The minimum absolute atomic E-state index is 0.205. The van der Waals surface area contributed by atoms with Crippen molar-refractivity contribution in [3.05, 3.63) is 477 Å². The molecule has 20 nitrogen and oxygen atoms in total. The second-order valence-corrected chi connectivity index (χ2v) is 34.6. The highest BCUT2D eigenvalue weighted by Crippen LogP contribution is 2.38. The summed E-state index contributed by atoms with van der Waals surface area (Å²) in [6.07, 6.45) is 2.49. The summed E-state index contributed by atoms with van der Waals surface area (Å²) in [5.41, 5.74) is 15.8. The molecule has 1 heterocycles. The van der Waals surface area contributed by atoms with Crippen molar-refractivity contribution in [3.8, 4) is 92.0 Å². The van der Waals surface area contributed by atoms with E-state index >= 15 is 0 Å². The van der Waals surface area contributed by atoms with Crippen LogP contribution in [0.2, 0.25) is 0 Å². The maximum Gasteiger partial charge on any atom is 0.161 e. The van der Waals surface area contributed by atoms with Gasteiger partial charge in [0.2, 0.25) is 0 Å². The minimum atomic E-state index is 0.205. The van der Waals surface area contributed by atoms with Crippen molar-refractivity contribution in [2.24, 2.45) is 0 Å². The van der Waals surface area contributed by atoms with Gasteiger partial charge < -0.3 is 94.7 Å². The standard InChI is InChI=1S/C124H120O20/c1-9-25-95(26-10-1)81-133-113-65-105(66-114(77-113)134-82-96-27-11-2-12-28-96)89-141-109-61-103(62-110(75-109)142-90-106-67-115(135-83-97-29-13-3-14-30-97)78-116(68-106)136-84-98-31-15-4-16-32-98)43-41-93-45-47-121-123(73-93)131-59-55-127-51-52-128-56-60-132-124-74-94(46-48-122(124)130-58-54-126-50-49-125-53-57-129-121)42-44-104-63-111(143-91-107-69-117(137-85-99-33-17-5-18-34-99)79-118(70-107)138-86-100-35-19-6-20-36-100)76-112(64-104)144-92-108-71-119(139-87-101-37-21-7-22-38-101)80-120(72-108)140-88-102-39-23-8-24-40-102/h1-40,45-48,61-80H,41-44,49-60,81-92H2. The zero-order valence-electron chi connectivity index (χ0n) is 80.9. The van der Waals surface area contributed by atoms with E-state index in [0.717, 1.165) is 89.0 Å². The molecule has 0 radical (unpaired) electrons. The van der Waals surface area contributed by atoms with Crippen LogP contribution in [0.4, 0.5) is 0 Å². The van der Waals surface area contributed by atoms with E-state index in [9.17, 15) is 0 Å². The predicted octanol–water partition coefficient (Wildman–Crippen LogP) is 25.5. The molecule has 16 aromatic carbocycles. The lowest BCUT2D eigenvalue weighted by molar-refractivity contribution is 0.0223. The number of rotatable bonds is 42. The normalized spacial score (nSPS) is 12.7. The summed E-state index contributed by atoms with van der Waals surface area (Å²) < 4.78 is 129. The molecule has 0 saturated carbocycles. The molecule has 16 aromatic rings. The highest BCUT2D eigenvalue weighted by molar-refractivity contribution is 5.49. The van der Waals surface area contributed by atoms with Gasteiger partial charge in [-0.05, 0) is 212 Å². The van der Waals surface area contributed by atoms with Crippen LogP contribution in [-0.2, 0) is 124 Å². The highest BCUT2D eigenvalue weighted by Gasteiger charge is 2.19. The van der Waals surface area contributed by atoms with Crippen LogP contribution in [0.1, 0.15) is 89.0 Å². The van der Waals surface area contributed by atoms with E-state index in [1.54, 1.807) is 0 Å². The second-order valence-electron chi connectivity index (χ2n) is 34.6. The molecule has 0 N–H and O–H groups in total. The van der Waals surface area contributed by atoms with Crippen molar-refractivity contribution in [1.29, 1.82) is 0 Å². The van der Waals surface area contributed by atoms with Crippen molar-refractivity contribution in [3.63, 3.8) is 0 Å². The number of ether oxygens (including phenoxy) is 20. The summed E-state index contributed by atoms with van der Waals surface area (Å²) in [5.74, 6) is 10.0. The van der Waals surface area contributed by atoms with E-state index in [4.69, 9.17) is 94.7 Å². The van der Waals surface area contributed by atoms with Gasteiger partial charge in [0.15, 0.2) is 23.0 Å². The lowest BCUT2D eigenvalue weighted by atomic mass is 10.0. The van der Waals surface area contributed by atoms with Crippen LogP contribution in [-0.4, -0.2) is 79.3 Å². The third-order valence-electron chi connectivity index (χ3n) is 23.4. The fraction of sp³-hybridized carbons (Fsp3) is 0.226. The smallest absolute Gasteiger partial charge is 0.161 e. The second kappa shape index (κ2) is 54.8. The molecule has 0 bridgehead atoms. The van der Waals surface area contributed by atoms with Gasteiger partial charge in [-0.15, -0.1) is 0 Å². The van der Waals surface area contributed by atoms with Gasteiger partial charge in [0.1, 0.15) is 175 Å². The molecular weight excluding hydrogens is 1810 g/mol. The molecule has 0 fully saturated rings. The molecule has 0 amide bonds. The first-order valence-electron chi connectivity index (χ1n) is 49.0. The molecule has 0 unspecified atom stereocenters. The van der Waals surface area contributed by atoms with Crippen LogP contribution in [0, 0.1) is 0 Å². The number of aryl methyl sites for hydroxylation is 4. The first-order chi connectivity index (χ1) is 71.2. The summed E-state index contributed by atoms with van der Waals surface area (Å²) in [6, 6.07) is 129. The Hall–Kier alpha value is -15.8. The van der Waals surface area contributed by atoms with Crippen LogP contribution in [0.5, 0.6) is 92.0 Å². The van der Waals surface area contributed by atoms with Crippen LogP contribution in [0.25, 0.3) is 0 Å². The van der Waals surface area contributed by atoms with Crippen molar-refractivity contribution < 1.29 is 94.7 Å². The van der Waals surface area contributed by atoms with Crippen molar-refractivity contribution in [1.82, 2.24) is 0 Å². The van der Waals surface area contributed by atoms with Gasteiger partial charge in [-0.1, -0.05) is 255 Å². The molecule has 1 aliphatic heterocycles. The van der Waals surface area contributed by atoms with Crippen molar-refractivity contribution in [2.75, 3.05) is 79.3 Å². The molecule has 0 aliphatic carbocycles. The van der Waals surface area contributed by atoms with Crippen LogP contribution >= 0.6 is 0 Å². The van der Waals surface area contributed by atoms with E-state index in [1.165, 1.54) is 0 Å². The van der Waals surface area contributed by atoms with Gasteiger partial charge >= 0.3 is 0 Å². The van der Waals surface area contributed by atoms with Crippen LogP contribution < -0.4 is 75.8 Å². The molecule has 0 aromatic heterocycles. The predicted molar refractivity (Wildman–Crippen MR) is 555 cm³/mol. The number of fused-ring (bicyclic) bond motifs is 2. The van der Waals surface area contributed by atoms with E-state index in [-0.39, 0.29) is 52.9 Å². The van der Waals surface area contributed by atoms with Gasteiger partial charge in [-0.25, -0.2) is 0 Å². The maximum absolute atomic E-state index is 6.80. The summed E-state index contributed by atoms with van der Waals surface area (Å²) in [4.78, 5) is 0. The van der Waals surface area contributed by atoms with E-state index < -0.39 is 0 Å². The Labute approximate surface area is 843 Å². The van der Waals surface area contributed by atoms with Crippen LogP contribution in [0.15, 0.2) is 388 Å². The molecule has 1 aliphatic rings. The SMILES string of the molecule is c1ccc(COc2cc(COc3cc(CCc4ccc5c(c4)OCCOCCOCCOc4cc(CCc6cc(OCc7cc(OCc8ccccc8)cc(OCc8ccccc8)c7)cc(OCc7cc(OCc8ccccc8)cc(OCc8ccccc8)c7)c6)ccc4OCCOCCOCCO5)cc(OCc4cc(OCc5ccccc5)cc(OCc5ccccc5)c4)c3)cc(OCc3ccccc3)c2)cc1. The Morgan fingerprint density at radius 2 is 0.278 bits per heavy atom. The Balaban J connectivity index is 0.549. The Bertz CT molecular complexity index is 5590. The monoisotopic (exact) mass is 1930 g/mol. The Kier molecular flexibility index (Phi) is 38.0. The third-order valence-corrected chi connectivity index (χ3v) is 23.4. The van der Waals surface area contributed by atoms with Gasteiger partial charge in [0.05, 0.1) is 52.9 Å². The molecule has 0 atom stereocenters. The van der Waals surface area contributed by atoms with Gasteiger partial charge in [0, 0.05) is 36.4 Å². The average molecular weight is 1930 g/mol. The Morgan fingerprint density at radius 1 is 0.125 bits per heavy atom. The Morgan fingerprint density at radius 3 is 0.465 bits per heavy atom. The molecule has 20 heteroatoms. The van der Waals surface area contributed by atoms with E-state index in [1.807, 2.05) is 352 Å². The zero-order valence-corrected chi connectivity index (χ0v) is 80.9. The van der Waals surface area contributed by atoms with Crippen molar-refractivity contribution >= 4 is 0 Å². The number of hydrogen-bond acceptors (Lipinski definition) is 20. The minimum Gasteiger partial charge on any atom is -0.489 e. The summed E-state index contributed by atoms with van der Waals surface area (Å²) >= 11 is 0. The van der Waals surface area contributed by atoms with Gasteiger partial charge in [-0.3, -0.25) is 0 Å². The van der Waals surface area contributed by atoms with Crippen LogP contribution in [0.3, 0.4) is 0 Å². The summed E-state index contributed by atoms with van der Waals surface area (Å²) in [6.45, 7) is 7.45. The molecule has 144 heavy (non-hydrogen) atoms. The molecule has 0 saturated heterocycles.